The van der Waals surface area contributed by atoms with Crippen LogP contribution in [0.4, 0.5) is 4.39 Å². The summed E-state index contributed by atoms with van der Waals surface area (Å²) in [7, 11) is 0. The van der Waals surface area contributed by atoms with E-state index < -0.39 is 0 Å². The molecule has 1 heterocycles. The highest BCUT2D eigenvalue weighted by Crippen LogP contribution is 2.22. The summed E-state index contributed by atoms with van der Waals surface area (Å²) in [6.45, 7) is 2.98. The van der Waals surface area contributed by atoms with Crippen LogP contribution >= 0.6 is 0 Å². The average molecular weight is 450 g/mol. The molecule has 0 aromatic heterocycles. The lowest BCUT2D eigenvalue weighted by molar-refractivity contribution is -0.125. The quantitative estimate of drug-likeness (QED) is 0.555. The number of hydrogen-bond acceptors (Lipinski definition) is 4. The molecule has 0 unspecified atom stereocenters. The maximum Gasteiger partial charge on any atom is 0.239 e. The molecule has 7 heteroatoms. The highest BCUT2D eigenvalue weighted by atomic mass is 19.1. The van der Waals surface area contributed by atoms with Crippen molar-refractivity contribution in [1.29, 1.82) is 0 Å². The van der Waals surface area contributed by atoms with Gasteiger partial charge in [-0.3, -0.25) is 14.5 Å². The fourth-order valence-corrected chi connectivity index (χ4v) is 4.17. The number of nitrogens with zero attached hydrogens (tertiary/aromatic N) is 1. The lowest BCUT2D eigenvalue weighted by Crippen LogP contribution is -2.45. The summed E-state index contributed by atoms with van der Waals surface area (Å²) in [5, 5.41) is 7.74. The van der Waals surface area contributed by atoms with E-state index in [-0.39, 0.29) is 36.6 Å². The largest absolute Gasteiger partial charge is 0.379 e. The van der Waals surface area contributed by atoms with Gasteiger partial charge in [-0.15, -0.1) is 0 Å². The molecular weight excluding hydrogens is 421 g/mol. The van der Waals surface area contributed by atoms with E-state index in [1.54, 1.807) is 12.1 Å². The fourth-order valence-electron chi connectivity index (χ4n) is 4.17. The summed E-state index contributed by atoms with van der Waals surface area (Å²) in [6.07, 6.45) is 0.209. The van der Waals surface area contributed by atoms with Crippen molar-refractivity contribution in [2.45, 2.75) is 12.5 Å². The van der Waals surface area contributed by atoms with Crippen molar-refractivity contribution in [3.63, 3.8) is 0 Å². The Balaban J connectivity index is 1.31. The van der Waals surface area contributed by atoms with Gasteiger partial charge in [0.2, 0.25) is 11.8 Å². The van der Waals surface area contributed by atoms with Gasteiger partial charge in [-0.2, -0.15) is 0 Å². The number of amides is 2. The van der Waals surface area contributed by atoms with Crippen LogP contribution in [-0.2, 0) is 20.7 Å². The highest BCUT2D eigenvalue weighted by Gasteiger charge is 2.23. The van der Waals surface area contributed by atoms with E-state index in [1.807, 2.05) is 42.5 Å². The zero-order chi connectivity index (χ0) is 23.0. The molecule has 0 saturated carbocycles. The predicted octanol–water partition coefficient (Wildman–Crippen LogP) is 2.83. The minimum atomic E-state index is -0.294. The number of hydrogen-bond donors (Lipinski definition) is 2. The third-order valence-corrected chi connectivity index (χ3v) is 5.91. The molecule has 172 valence electrons. The summed E-state index contributed by atoms with van der Waals surface area (Å²) in [4.78, 5) is 27.1. The van der Waals surface area contributed by atoms with Crippen molar-refractivity contribution >= 4 is 22.6 Å². The van der Waals surface area contributed by atoms with E-state index in [4.69, 9.17) is 4.74 Å². The van der Waals surface area contributed by atoms with Crippen LogP contribution < -0.4 is 10.6 Å². The van der Waals surface area contributed by atoms with E-state index >= 15 is 0 Å². The van der Waals surface area contributed by atoms with Crippen LogP contribution in [0.1, 0.15) is 17.2 Å². The van der Waals surface area contributed by atoms with E-state index in [1.165, 1.54) is 12.1 Å². The third-order valence-electron chi connectivity index (χ3n) is 5.91. The topological polar surface area (TPSA) is 70.7 Å². The first-order chi connectivity index (χ1) is 16.1. The molecule has 1 saturated heterocycles. The predicted molar refractivity (Wildman–Crippen MR) is 125 cm³/mol. The molecule has 4 rings (SSSR count). The van der Waals surface area contributed by atoms with Crippen LogP contribution in [0, 0.1) is 5.82 Å². The van der Waals surface area contributed by atoms with Crippen molar-refractivity contribution < 1.29 is 18.7 Å². The third kappa shape index (κ3) is 6.15. The van der Waals surface area contributed by atoms with Gasteiger partial charge in [0.05, 0.1) is 32.2 Å². The Labute approximate surface area is 192 Å². The minimum absolute atomic E-state index is 0.0927. The van der Waals surface area contributed by atoms with Crippen LogP contribution in [0.5, 0.6) is 0 Å². The number of rotatable bonds is 8. The summed E-state index contributed by atoms with van der Waals surface area (Å²) >= 11 is 0. The van der Waals surface area contributed by atoms with Crippen molar-refractivity contribution in [2.24, 2.45) is 0 Å². The molecular formula is C26H28FN3O3. The Morgan fingerprint density at radius 3 is 2.42 bits per heavy atom. The number of nitrogens with one attached hydrogen (secondary N) is 2. The smallest absolute Gasteiger partial charge is 0.239 e. The lowest BCUT2D eigenvalue weighted by Gasteiger charge is -2.35. The molecule has 1 aliphatic rings. The monoisotopic (exact) mass is 449 g/mol. The second-order valence-electron chi connectivity index (χ2n) is 8.11. The molecule has 1 atom stereocenters. The van der Waals surface area contributed by atoms with E-state index in [2.05, 4.69) is 15.5 Å². The van der Waals surface area contributed by atoms with Crippen LogP contribution in [0.2, 0.25) is 0 Å². The van der Waals surface area contributed by atoms with Gasteiger partial charge in [0, 0.05) is 19.6 Å². The molecule has 1 fully saturated rings. The van der Waals surface area contributed by atoms with E-state index in [0.29, 0.717) is 19.8 Å². The molecule has 3 aromatic rings. The van der Waals surface area contributed by atoms with Crippen molar-refractivity contribution in [3.8, 4) is 0 Å². The van der Waals surface area contributed by atoms with Crippen LogP contribution in [0.15, 0.2) is 66.7 Å². The zero-order valence-electron chi connectivity index (χ0n) is 18.4. The maximum absolute atomic E-state index is 13.4. The first-order valence-electron chi connectivity index (χ1n) is 11.2. The number of fused-ring (bicyclic) bond motifs is 1. The maximum atomic E-state index is 13.4. The van der Waals surface area contributed by atoms with E-state index in [0.717, 1.165) is 35.0 Å². The number of halogens is 1. The standard InChI is InChI=1S/C26H28FN3O3/c27-22-10-8-20(9-11-22)24(30-12-14-33-15-13-30)17-28-26(32)18-29-25(31)16-21-6-3-5-19-4-1-2-7-23(19)21/h1-11,24H,12-18H2,(H,28,32)(H,29,31)/t24-/m1/s1. The summed E-state index contributed by atoms with van der Waals surface area (Å²) in [6, 6.07) is 20.0. The second kappa shape index (κ2) is 11.0. The van der Waals surface area contributed by atoms with Gasteiger partial charge >= 0.3 is 0 Å². The minimum Gasteiger partial charge on any atom is -0.379 e. The number of ether oxygens (including phenoxy) is 1. The molecule has 3 aromatic carbocycles. The second-order valence-corrected chi connectivity index (χ2v) is 8.11. The summed E-state index contributed by atoms with van der Waals surface area (Å²) in [5.74, 6) is -0.760. The van der Waals surface area contributed by atoms with Crippen LogP contribution in [0.25, 0.3) is 10.8 Å². The molecule has 33 heavy (non-hydrogen) atoms. The molecule has 2 N–H and O–H groups in total. The first kappa shape index (κ1) is 22.9. The molecule has 6 nitrogen and oxygen atoms in total. The number of benzene rings is 3. The van der Waals surface area contributed by atoms with Gasteiger partial charge in [0.1, 0.15) is 5.82 Å². The van der Waals surface area contributed by atoms with E-state index in [9.17, 15) is 14.0 Å². The average Bonchev–Trinajstić information content (AvgIpc) is 2.85. The normalized spacial score (nSPS) is 15.2. The molecule has 0 bridgehead atoms. The SMILES string of the molecule is O=C(CNC(=O)Cc1cccc2ccccc12)NC[C@H](c1ccc(F)cc1)N1CCOCC1. The molecule has 0 radical (unpaired) electrons. The van der Waals surface area contributed by atoms with Gasteiger partial charge in [-0.05, 0) is 34.0 Å². The van der Waals surface area contributed by atoms with Crippen LogP contribution in [-0.4, -0.2) is 56.1 Å². The van der Waals surface area contributed by atoms with Crippen molar-refractivity contribution in [3.05, 3.63) is 83.7 Å². The summed E-state index contributed by atoms with van der Waals surface area (Å²) in [5.41, 5.74) is 1.85. The highest BCUT2D eigenvalue weighted by molar-refractivity contribution is 5.91. The Morgan fingerprint density at radius 2 is 1.64 bits per heavy atom. The molecule has 0 aliphatic carbocycles. The fraction of sp³-hybridized carbons (Fsp3) is 0.308. The Morgan fingerprint density at radius 1 is 0.909 bits per heavy atom. The van der Waals surface area contributed by atoms with Crippen molar-refractivity contribution in [1.82, 2.24) is 15.5 Å². The number of morpholine rings is 1. The van der Waals surface area contributed by atoms with Gasteiger partial charge in [-0.1, -0.05) is 54.6 Å². The Hall–Kier alpha value is -3.29. The first-order valence-corrected chi connectivity index (χ1v) is 11.2. The Bertz CT molecular complexity index is 1090. The van der Waals surface area contributed by atoms with Gasteiger partial charge in [-0.25, -0.2) is 4.39 Å². The van der Waals surface area contributed by atoms with Gasteiger partial charge in [0.15, 0.2) is 0 Å². The zero-order valence-corrected chi connectivity index (χ0v) is 18.4. The molecule has 2 amide bonds. The lowest BCUT2D eigenvalue weighted by atomic mass is 10.0. The van der Waals surface area contributed by atoms with Gasteiger partial charge in [0.25, 0.3) is 0 Å². The number of carbonyl (C=O) groups excluding carboxylic acids is 2. The van der Waals surface area contributed by atoms with Crippen molar-refractivity contribution in [2.75, 3.05) is 39.4 Å². The van der Waals surface area contributed by atoms with Gasteiger partial charge < -0.3 is 15.4 Å². The van der Waals surface area contributed by atoms with Crippen LogP contribution in [0.3, 0.4) is 0 Å². The molecule has 1 aliphatic heterocycles. The summed E-state index contributed by atoms with van der Waals surface area (Å²) < 4.78 is 18.8. The molecule has 0 spiro atoms. The number of carbonyl (C=O) groups is 2. The Kier molecular flexibility index (Phi) is 7.65.